The van der Waals surface area contributed by atoms with Crippen molar-refractivity contribution in [2.45, 2.75) is 17.7 Å². The zero-order valence-corrected chi connectivity index (χ0v) is 16.1. The summed E-state index contributed by atoms with van der Waals surface area (Å²) >= 11 is 1.74. The van der Waals surface area contributed by atoms with Gasteiger partial charge in [0.2, 0.25) is 0 Å². The third-order valence-corrected chi connectivity index (χ3v) is 6.97. The molecule has 2 amide bonds. The standard InChI is InChI=1S/C21H20F2N2O2S/c22-17-6-4-15(5-7-17)20(27)25-12-13-28-21(25)8-10-24(11-9-21)19(26)16-2-1-3-18(23)14-16/h1-7,14H,8-13H2. The van der Waals surface area contributed by atoms with Crippen LogP contribution in [-0.2, 0) is 0 Å². The van der Waals surface area contributed by atoms with E-state index < -0.39 is 5.82 Å². The molecule has 28 heavy (non-hydrogen) atoms. The maximum atomic E-state index is 13.4. The van der Waals surface area contributed by atoms with Crippen molar-refractivity contribution in [3.8, 4) is 0 Å². The molecule has 0 aromatic heterocycles. The highest BCUT2D eigenvalue weighted by Crippen LogP contribution is 2.44. The van der Waals surface area contributed by atoms with Crippen LogP contribution in [0, 0.1) is 11.6 Å². The monoisotopic (exact) mass is 402 g/mol. The third-order valence-electron chi connectivity index (χ3n) is 5.42. The number of amides is 2. The predicted molar refractivity (Wildman–Crippen MR) is 104 cm³/mol. The Balaban J connectivity index is 1.47. The van der Waals surface area contributed by atoms with Gasteiger partial charge in [0.1, 0.15) is 11.6 Å². The van der Waals surface area contributed by atoms with Crippen LogP contribution in [-0.4, -0.2) is 51.9 Å². The van der Waals surface area contributed by atoms with Crippen molar-refractivity contribution in [3.63, 3.8) is 0 Å². The van der Waals surface area contributed by atoms with E-state index in [9.17, 15) is 18.4 Å². The second-order valence-electron chi connectivity index (χ2n) is 7.06. The number of likely N-dealkylation sites (tertiary alicyclic amines) is 1. The summed E-state index contributed by atoms with van der Waals surface area (Å²) in [5.74, 6) is -0.248. The van der Waals surface area contributed by atoms with Gasteiger partial charge in [0, 0.05) is 36.5 Å². The second-order valence-corrected chi connectivity index (χ2v) is 8.52. The number of benzene rings is 2. The van der Waals surface area contributed by atoms with Crippen LogP contribution in [0.2, 0.25) is 0 Å². The minimum absolute atomic E-state index is 0.102. The van der Waals surface area contributed by atoms with E-state index in [2.05, 4.69) is 0 Å². The Morgan fingerprint density at radius 2 is 1.57 bits per heavy atom. The van der Waals surface area contributed by atoms with E-state index in [1.54, 1.807) is 22.7 Å². The first-order valence-electron chi connectivity index (χ1n) is 9.25. The van der Waals surface area contributed by atoms with Crippen molar-refractivity contribution in [2.24, 2.45) is 0 Å². The van der Waals surface area contributed by atoms with Gasteiger partial charge in [-0.1, -0.05) is 6.07 Å². The van der Waals surface area contributed by atoms with Crippen LogP contribution in [0.25, 0.3) is 0 Å². The van der Waals surface area contributed by atoms with E-state index in [0.717, 1.165) is 5.75 Å². The van der Waals surface area contributed by atoms with E-state index in [0.29, 0.717) is 43.6 Å². The smallest absolute Gasteiger partial charge is 0.254 e. The molecular formula is C21H20F2N2O2S. The SMILES string of the molecule is O=C(c1cccc(F)c1)N1CCC2(CC1)SCCN2C(=O)c1ccc(F)cc1. The summed E-state index contributed by atoms with van der Waals surface area (Å²) in [5.41, 5.74) is 0.816. The van der Waals surface area contributed by atoms with Gasteiger partial charge in [-0.15, -0.1) is 11.8 Å². The molecule has 2 fully saturated rings. The van der Waals surface area contributed by atoms with E-state index >= 15 is 0 Å². The highest BCUT2D eigenvalue weighted by molar-refractivity contribution is 8.00. The molecule has 1 spiro atoms. The highest BCUT2D eigenvalue weighted by atomic mass is 32.2. The lowest BCUT2D eigenvalue weighted by molar-refractivity contribution is 0.0497. The number of hydrogen-bond donors (Lipinski definition) is 0. The Hall–Kier alpha value is -2.41. The van der Waals surface area contributed by atoms with Gasteiger partial charge in [-0.3, -0.25) is 9.59 Å². The maximum absolute atomic E-state index is 13.4. The zero-order chi connectivity index (χ0) is 19.7. The summed E-state index contributed by atoms with van der Waals surface area (Å²) in [6, 6.07) is 11.3. The van der Waals surface area contributed by atoms with Crippen molar-refractivity contribution >= 4 is 23.6 Å². The summed E-state index contributed by atoms with van der Waals surface area (Å²) in [6.45, 7) is 1.66. The molecule has 0 aliphatic carbocycles. The number of hydrogen-bond acceptors (Lipinski definition) is 3. The second kappa shape index (κ2) is 7.54. The van der Waals surface area contributed by atoms with Gasteiger partial charge in [-0.05, 0) is 55.3 Å². The molecule has 0 unspecified atom stereocenters. The van der Waals surface area contributed by atoms with Gasteiger partial charge in [0.25, 0.3) is 11.8 Å². The molecule has 146 valence electrons. The molecule has 0 atom stereocenters. The van der Waals surface area contributed by atoms with Crippen LogP contribution in [0.4, 0.5) is 8.78 Å². The fourth-order valence-corrected chi connectivity index (χ4v) is 5.38. The van der Waals surface area contributed by atoms with Gasteiger partial charge in [0.15, 0.2) is 0 Å². The van der Waals surface area contributed by atoms with Crippen LogP contribution >= 0.6 is 11.8 Å². The Kier molecular flexibility index (Phi) is 5.10. The average molecular weight is 402 g/mol. The highest BCUT2D eigenvalue weighted by Gasteiger charge is 2.47. The number of halogens is 2. The van der Waals surface area contributed by atoms with Gasteiger partial charge in [-0.2, -0.15) is 0 Å². The maximum Gasteiger partial charge on any atom is 0.254 e. The van der Waals surface area contributed by atoms with E-state index in [-0.39, 0.29) is 22.5 Å². The quantitative estimate of drug-likeness (QED) is 0.768. The molecule has 7 heteroatoms. The minimum Gasteiger partial charge on any atom is -0.338 e. The van der Waals surface area contributed by atoms with Crippen molar-refractivity contribution in [1.29, 1.82) is 0 Å². The van der Waals surface area contributed by atoms with Crippen molar-refractivity contribution in [3.05, 3.63) is 71.3 Å². The molecule has 4 rings (SSSR count). The normalized spacial score (nSPS) is 18.5. The van der Waals surface area contributed by atoms with Gasteiger partial charge in [0.05, 0.1) is 4.87 Å². The Morgan fingerprint density at radius 1 is 0.857 bits per heavy atom. The molecule has 0 saturated carbocycles. The summed E-state index contributed by atoms with van der Waals surface area (Å²) < 4.78 is 26.6. The summed E-state index contributed by atoms with van der Waals surface area (Å²) in [4.78, 5) is 28.9. The largest absolute Gasteiger partial charge is 0.338 e. The van der Waals surface area contributed by atoms with Crippen LogP contribution in [0.5, 0.6) is 0 Å². The summed E-state index contributed by atoms with van der Waals surface area (Å²) in [6.07, 6.45) is 1.32. The fraction of sp³-hybridized carbons (Fsp3) is 0.333. The Bertz CT molecular complexity index is 896. The van der Waals surface area contributed by atoms with E-state index in [1.165, 1.54) is 42.5 Å². The lowest BCUT2D eigenvalue weighted by atomic mass is 10.00. The molecular weight excluding hydrogens is 382 g/mol. The average Bonchev–Trinajstić information content (AvgIpc) is 3.11. The number of nitrogens with zero attached hydrogens (tertiary/aromatic N) is 2. The van der Waals surface area contributed by atoms with E-state index in [1.807, 2.05) is 4.90 Å². The molecule has 0 N–H and O–H groups in total. The number of carbonyl (C=O) groups excluding carboxylic acids is 2. The van der Waals surface area contributed by atoms with Crippen LogP contribution in [0.15, 0.2) is 48.5 Å². The Labute approximate surface area is 166 Å². The van der Waals surface area contributed by atoms with Crippen LogP contribution in [0.1, 0.15) is 33.6 Å². The lowest BCUT2D eigenvalue weighted by Gasteiger charge is -2.44. The minimum atomic E-state index is -0.429. The van der Waals surface area contributed by atoms with Gasteiger partial charge >= 0.3 is 0 Å². The molecule has 0 radical (unpaired) electrons. The number of rotatable bonds is 2. The molecule has 2 aromatic carbocycles. The van der Waals surface area contributed by atoms with Crippen molar-refractivity contribution in [1.82, 2.24) is 9.80 Å². The molecule has 2 aliphatic rings. The summed E-state index contributed by atoms with van der Waals surface area (Å²) in [7, 11) is 0. The molecule has 2 aromatic rings. The Morgan fingerprint density at radius 3 is 2.25 bits per heavy atom. The molecule has 4 nitrogen and oxygen atoms in total. The molecule has 2 aliphatic heterocycles. The van der Waals surface area contributed by atoms with Crippen molar-refractivity contribution in [2.75, 3.05) is 25.4 Å². The predicted octanol–water partition coefficient (Wildman–Crippen LogP) is 3.79. The van der Waals surface area contributed by atoms with E-state index in [4.69, 9.17) is 0 Å². The summed E-state index contributed by atoms with van der Waals surface area (Å²) in [5, 5.41) is 0. The van der Waals surface area contributed by atoms with Crippen molar-refractivity contribution < 1.29 is 18.4 Å². The molecule has 0 bridgehead atoms. The van der Waals surface area contributed by atoms with Crippen LogP contribution in [0.3, 0.4) is 0 Å². The van der Waals surface area contributed by atoms with Gasteiger partial charge in [-0.25, -0.2) is 8.78 Å². The van der Waals surface area contributed by atoms with Crippen LogP contribution < -0.4 is 0 Å². The number of piperidine rings is 1. The number of thioether (sulfide) groups is 1. The first-order chi connectivity index (χ1) is 13.5. The molecule has 2 saturated heterocycles. The van der Waals surface area contributed by atoms with Gasteiger partial charge < -0.3 is 9.80 Å². The lowest BCUT2D eigenvalue weighted by Crippen LogP contribution is -2.53. The first kappa shape index (κ1) is 18.9. The fourth-order valence-electron chi connectivity index (χ4n) is 3.92. The number of carbonyl (C=O) groups is 2. The third kappa shape index (κ3) is 3.51. The topological polar surface area (TPSA) is 40.6 Å². The first-order valence-corrected chi connectivity index (χ1v) is 10.2. The molecule has 2 heterocycles. The zero-order valence-electron chi connectivity index (χ0n) is 15.2.